The molecule has 0 fully saturated rings. The zero-order valence-corrected chi connectivity index (χ0v) is 16.7. The third kappa shape index (κ3) is 12.2. The monoisotopic (exact) mass is 506 g/mol. The highest BCUT2D eigenvalue weighted by atomic mass is 17.0. The topological polar surface area (TPSA) is 316 Å². The van der Waals surface area contributed by atoms with Crippen LogP contribution in [0, 0.1) is 76.4 Å². The lowest BCUT2D eigenvalue weighted by molar-refractivity contribution is -0.985. The molecule has 24 heteroatoms. The van der Waals surface area contributed by atoms with Crippen molar-refractivity contribution in [3.8, 4) is 0 Å². The fourth-order valence-electron chi connectivity index (χ4n) is 2.44. The summed E-state index contributed by atoms with van der Waals surface area (Å²) in [6, 6.07) is 0. The molecule has 0 saturated carbocycles. The van der Waals surface area contributed by atoms with Crippen LogP contribution in [0.4, 0.5) is 0 Å². The number of hydrogen-bond acceptors (Lipinski definition) is 17. The standard InChI is InChI=1S/C10H16N7O17/c18-11(19)1-9(2-12(20)21,5-31-15(26)27)7-33-17(30)34-8-10(3-13(22)23,4-14(24)25)6-32-16(28)29/h1-8H2/q+1. The lowest BCUT2D eigenvalue weighted by Crippen LogP contribution is -2.47. The van der Waals surface area contributed by atoms with Crippen LogP contribution >= 0.6 is 0 Å². The van der Waals surface area contributed by atoms with Crippen molar-refractivity contribution >= 4 is 0 Å². The van der Waals surface area contributed by atoms with E-state index in [0.717, 1.165) is 0 Å². The molecule has 0 aliphatic carbocycles. The third-order valence-corrected chi connectivity index (χ3v) is 3.76. The molecule has 0 unspecified atom stereocenters. The predicted molar refractivity (Wildman–Crippen MR) is 93.7 cm³/mol. The first-order chi connectivity index (χ1) is 15.6. The molecule has 192 valence electrons. The molecular weight excluding hydrogens is 490 g/mol. The van der Waals surface area contributed by atoms with Gasteiger partial charge in [-0.25, -0.2) is 0 Å². The molecule has 0 aromatic carbocycles. The van der Waals surface area contributed by atoms with Gasteiger partial charge in [0.1, 0.15) is 18.1 Å². The first-order valence-corrected chi connectivity index (χ1v) is 8.35. The Bertz CT molecular complexity index is 720. The zero-order valence-electron chi connectivity index (χ0n) is 16.7. The Morgan fingerprint density at radius 2 is 0.676 bits per heavy atom. The fourth-order valence-corrected chi connectivity index (χ4v) is 2.44. The first-order valence-electron chi connectivity index (χ1n) is 8.35. The van der Waals surface area contributed by atoms with E-state index in [1.807, 2.05) is 0 Å². The molecule has 0 N–H and O–H groups in total. The summed E-state index contributed by atoms with van der Waals surface area (Å²) in [4.78, 5) is 88.3. The van der Waals surface area contributed by atoms with Gasteiger partial charge >= 0.3 is 5.09 Å². The normalized spacial score (nSPS) is 11.1. The molecule has 0 amide bonds. The van der Waals surface area contributed by atoms with Crippen LogP contribution in [-0.2, 0) is 19.4 Å². The molecule has 0 aliphatic heterocycles. The van der Waals surface area contributed by atoms with Crippen molar-refractivity contribution in [2.75, 3.05) is 52.6 Å². The van der Waals surface area contributed by atoms with Gasteiger partial charge in [-0.2, -0.15) is 9.68 Å². The van der Waals surface area contributed by atoms with E-state index >= 15 is 0 Å². The van der Waals surface area contributed by atoms with Crippen molar-refractivity contribution in [3.05, 3.63) is 65.6 Å². The van der Waals surface area contributed by atoms with E-state index in [0.29, 0.717) is 0 Å². The molecule has 0 radical (unpaired) electrons. The van der Waals surface area contributed by atoms with Gasteiger partial charge in [0.05, 0.1) is 0 Å². The Kier molecular flexibility index (Phi) is 11.1. The maximum atomic E-state index is 11.8. The minimum Gasteiger partial charge on any atom is -0.313 e. The van der Waals surface area contributed by atoms with Crippen molar-refractivity contribution in [3.63, 3.8) is 0 Å². The highest BCUT2D eigenvalue weighted by Crippen LogP contribution is 2.22. The number of nitro groups is 4. The molecule has 0 bridgehead atoms. The Morgan fingerprint density at radius 3 is 0.882 bits per heavy atom. The van der Waals surface area contributed by atoms with Crippen LogP contribution in [0.2, 0.25) is 0 Å². The van der Waals surface area contributed by atoms with Gasteiger partial charge < -0.3 is 9.68 Å². The highest BCUT2D eigenvalue weighted by molar-refractivity contribution is 4.78. The third-order valence-electron chi connectivity index (χ3n) is 3.76. The van der Waals surface area contributed by atoms with E-state index in [-0.39, 0.29) is 0 Å². The lowest BCUT2D eigenvalue weighted by atomic mass is 9.90. The van der Waals surface area contributed by atoms with Gasteiger partial charge in [-0.05, 0) is 0 Å². The van der Waals surface area contributed by atoms with Crippen molar-refractivity contribution in [1.82, 2.24) is 0 Å². The van der Waals surface area contributed by atoms with Crippen LogP contribution in [0.5, 0.6) is 0 Å². The summed E-state index contributed by atoms with van der Waals surface area (Å²) >= 11 is 0. The summed E-state index contributed by atoms with van der Waals surface area (Å²) in [5, 5.41) is 60.5. The van der Waals surface area contributed by atoms with Gasteiger partial charge in [-0.15, -0.1) is 20.2 Å². The fraction of sp³-hybridized carbons (Fsp3) is 1.00. The van der Waals surface area contributed by atoms with Gasteiger partial charge in [0.25, 0.3) is 10.2 Å². The average Bonchev–Trinajstić information content (AvgIpc) is 2.65. The van der Waals surface area contributed by atoms with E-state index < -0.39 is 98.4 Å². The Hall–Kier alpha value is -4.80. The van der Waals surface area contributed by atoms with Crippen LogP contribution < -0.4 is 0 Å². The van der Waals surface area contributed by atoms with Crippen molar-refractivity contribution in [1.29, 1.82) is 0 Å². The zero-order chi connectivity index (χ0) is 26.5. The molecule has 0 atom stereocenters. The Morgan fingerprint density at radius 1 is 0.441 bits per heavy atom. The van der Waals surface area contributed by atoms with Gasteiger partial charge in [0.2, 0.25) is 26.2 Å². The minimum absolute atomic E-state index is 0.887. The SMILES string of the molecule is O=[N+]([O-])CC(CO[N+](=O)[O-])(CO[N+](=O)OCC(CO[N+](=O)[O-])(C[N+](=O)[O-])C[N+](=O)[O-])C[N+](=O)[O-]. The average molecular weight is 506 g/mol. The molecule has 0 saturated heterocycles. The number of nitrogens with zero attached hydrogens (tertiary/aromatic N) is 7. The van der Waals surface area contributed by atoms with Gasteiger partial charge in [-0.3, -0.25) is 40.5 Å². The molecule has 0 aromatic rings. The smallest absolute Gasteiger partial charge is 0.313 e. The minimum atomic E-state index is -2.38. The summed E-state index contributed by atoms with van der Waals surface area (Å²) in [7, 11) is 0. The summed E-state index contributed by atoms with van der Waals surface area (Å²) in [5.41, 5.74) is -4.75. The second-order valence-corrected chi connectivity index (χ2v) is 6.73. The van der Waals surface area contributed by atoms with Crippen LogP contribution in [0.3, 0.4) is 0 Å². The maximum absolute atomic E-state index is 11.8. The molecule has 0 heterocycles. The summed E-state index contributed by atoms with van der Waals surface area (Å²) in [5.74, 6) is 0. The predicted octanol–water partition coefficient (Wildman–Crippen LogP) is -1.88. The van der Waals surface area contributed by atoms with E-state index in [9.17, 15) is 65.6 Å². The van der Waals surface area contributed by atoms with Crippen LogP contribution in [-0.4, -0.2) is 87.6 Å². The largest absolute Gasteiger partial charge is 0.477 e. The highest BCUT2D eigenvalue weighted by Gasteiger charge is 2.49. The van der Waals surface area contributed by atoms with Gasteiger partial charge in [0.15, 0.2) is 24.0 Å². The molecule has 0 aromatic heterocycles. The molecule has 0 spiro atoms. The van der Waals surface area contributed by atoms with Crippen molar-refractivity contribution in [2.24, 2.45) is 10.8 Å². The van der Waals surface area contributed by atoms with Crippen molar-refractivity contribution in [2.45, 2.75) is 0 Å². The lowest BCUT2D eigenvalue weighted by Gasteiger charge is -2.22. The molecule has 34 heavy (non-hydrogen) atoms. The molecule has 24 nitrogen and oxygen atoms in total. The Labute approximate surface area is 184 Å². The Balaban J connectivity index is 5.55. The summed E-state index contributed by atoms with van der Waals surface area (Å²) < 4.78 is 0. The molecular formula is C10H16N7O17+. The van der Waals surface area contributed by atoms with Crippen LogP contribution in [0.15, 0.2) is 0 Å². The van der Waals surface area contributed by atoms with Crippen molar-refractivity contribution < 1.29 is 54.3 Å². The van der Waals surface area contributed by atoms with E-state index in [4.69, 9.17) is 0 Å². The van der Waals surface area contributed by atoms with Gasteiger partial charge in [-0.1, -0.05) is 0 Å². The van der Waals surface area contributed by atoms with E-state index in [1.165, 1.54) is 0 Å². The molecule has 0 aliphatic rings. The van der Waals surface area contributed by atoms with Gasteiger partial charge in [0, 0.05) is 19.7 Å². The second-order valence-electron chi connectivity index (χ2n) is 6.73. The second kappa shape index (κ2) is 12.9. The first kappa shape index (κ1) is 29.2. The maximum Gasteiger partial charge on any atom is 0.477 e. The van der Waals surface area contributed by atoms with Crippen LogP contribution in [0.25, 0.3) is 0 Å². The van der Waals surface area contributed by atoms with Crippen LogP contribution in [0.1, 0.15) is 0 Å². The number of hydrogen-bond donors (Lipinski definition) is 0. The quantitative estimate of drug-likeness (QED) is 0.129. The van der Waals surface area contributed by atoms with E-state index in [1.54, 1.807) is 0 Å². The van der Waals surface area contributed by atoms with E-state index in [2.05, 4.69) is 19.4 Å². The number of rotatable bonds is 20. The molecule has 0 rings (SSSR count). The summed E-state index contributed by atoms with van der Waals surface area (Å²) in [6.45, 7) is -10.5. The summed E-state index contributed by atoms with van der Waals surface area (Å²) in [6.07, 6.45) is 0.